The van der Waals surface area contributed by atoms with Gasteiger partial charge in [0.25, 0.3) is 5.91 Å². The molecule has 140 valence electrons. The number of rotatable bonds is 6. The monoisotopic (exact) mass is 422 g/mol. The predicted octanol–water partition coefficient (Wildman–Crippen LogP) is 4.90. The van der Waals surface area contributed by atoms with Crippen molar-refractivity contribution < 1.29 is 14.3 Å². The number of carbonyl (C=O) groups is 1. The van der Waals surface area contributed by atoms with Crippen LogP contribution in [0.5, 0.6) is 11.5 Å². The van der Waals surface area contributed by atoms with Gasteiger partial charge < -0.3 is 15.2 Å². The molecule has 0 atom stereocenters. The van der Waals surface area contributed by atoms with Crippen LogP contribution in [0.25, 0.3) is 6.08 Å². The average Bonchev–Trinajstić information content (AvgIpc) is 2.93. The van der Waals surface area contributed by atoms with Crippen molar-refractivity contribution in [3.05, 3.63) is 62.5 Å². The molecule has 2 N–H and O–H groups in total. The summed E-state index contributed by atoms with van der Waals surface area (Å²) in [4.78, 5) is 15.9. The van der Waals surface area contributed by atoms with Gasteiger partial charge in [-0.05, 0) is 54.6 Å². The van der Waals surface area contributed by atoms with Crippen LogP contribution in [-0.4, -0.2) is 17.7 Å². The Balaban J connectivity index is 1.79. The van der Waals surface area contributed by atoms with Gasteiger partial charge in [-0.25, -0.2) is 0 Å². The topological polar surface area (TPSA) is 73.9 Å². The summed E-state index contributed by atoms with van der Waals surface area (Å²) in [5.74, 6) is 0.806. The maximum absolute atomic E-state index is 11.7. The van der Waals surface area contributed by atoms with E-state index in [9.17, 15) is 4.79 Å². The first kappa shape index (κ1) is 19.6. The normalized spacial score (nSPS) is 15.1. The molecule has 8 heteroatoms. The molecule has 1 aliphatic rings. The second-order valence-corrected chi connectivity index (χ2v) is 7.44. The van der Waals surface area contributed by atoms with Gasteiger partial charge in [0.15, 0.2) is 16.7 Å². The number of aliphatic imine (C=N–C) groups is 1. The number of nitrogens with two attached hydrogens (primary N) is 1. The van der Waals surface area contributed by atoms with E-state index in [1.54, 1.807) is 30.3 Å². The summed E-state index contributed by atoms with van der Waals surface area (Å²) >= 11 is 13.2. The Morgan fingerprint density at radius 1 is 1.15 bits per heavy atom. The van der Waals surface area contributed by atoms with Crippen molar-refractivity contribution >= 4 is 52.1 Å². The van der Waals surface area contributed by atoms with Crippen LogP contribution >= 0.6 is 35.0 Å². The fourth-order valence-corrected chi connectivity index (χ4v) is 3.52. The zero-order valence-corrected chi connectivity index (χ0v) is 16.7. The fourth-order valence-electron chi connectivity index (χ4n) is 2.37. The highest BCUT2D eigenvalue weighted by molar-refractivity contribution is 8.18. The molecule has 0 aromatic heterocycles. The summed E-state index contributed by atoms with van der Waals surface area (Å²) in [5, 5.41) is 1.35. The molecule has 0 saturated carbocycles. The van der Waals surface area contributed by atoms with Crippen molar-refractivity contribution in [3.63, 3.8) is 0 Å². The zero-order valence-electron chi connectivity index (χ0n) is 14.4. The summed E-state index contributed by atoms with van der Waals surface area (Å²) in [6.07, 6.45) is 1.72. The van der Waals surface area contributed by atoms with Crippen LogP contribution in [0.4, 0.5) is 0 Å². The number of amidine groups is 1. The molecule has 27 heavy (non-hydrogen) atoms. The summed E-state index contributed by atoms with van der Waals surface area (Å²) < 4.78 is 11.5. The Morgan fingerprint density at radius 2 is 1.96 bits per heavy atom. The third-order valence-corrected chi connectivity index (χ3v) is 5.00. The smallest absolute Gasteiger partial charge is 0.286 e. The number of ether oxygens (including phenoxy) is 2. The van der Waals surface area contributed by atoms with Gasteiger partial charge in [0, 0.05) is 15.6 Å². The zero-order chi connectivity index (χ0) is 19.4. The quantitative estimate of drug-likeness (QED) is 0.669. The Hall–Kier alpha value is -2.15. The van der Waals surface area contributed by atoms with Crippen LogP contribution in [0.15, 0.2) is 46.3 Å². The molecule has 0 saturated heterocycles. The minimum absolute atomic E-state index is 0.246. The molecule has 5 nitrogen and oxygen atoms in total. The summed E-state index contributed by atoms with van der Waals surface area (Å²) in [5.41, 5.74) is 7.18. The van der Waals surface area contributed by atoms with Crippen molar-refractivity contribution in [2.45, 2.75) is 13.5 Å². The number of amides is 1. The number of carbonyl (C=O) groups excluding carboxylic acids is 1. The fraction of sp³-hybridized carbons (Fsp3) is 0.158. The molecule has 2 aromatic rings. The van der Waals surface area contributed by atoms with E-state index in [1.165, 1.54) is 0 Å². The molecule has 1 heterocycles. The average molecular weight is 423 g/mol. The summed E-state index contributed by atoms with van der Waals surface area (Å²) in [6, 6.07) is 10.7. The Morgan fingerprint density at radius 3 is 2.63 bits per heavy atom. The molecule has 0 radical (unpaired) electrons. The highest BCUT2D eigenvalue weighted by Crippen LogP contribution is 2.33. The van der Waals surface area contributed by atoms with Crippen molar-refractivity contribution in [2.75, 3.05) is 6.61 Å². The lowest BCUT2D eigenvalue weighted by Gasteiger charge is -2.13. The van der Waals surface area contributed by atoms with E-state index in [1.807, 2.05) is 19.1 Å². The standard InChI is InChI=1S/C19H16Cl2N2O3S/c1-2-25-16-7-11(8-17-18(24)23-19(22)27-17)3-6-15(16)26-10-12-4-5-13(20)9-14(12)21/h3-9H,2,10H2,1H3,(H2,22,23,24)/b17-8-. The minimum Gasteiger partial charge on any atom is -0.490 e. The van der Waals surface area contributed by atoms with E-state index < -0.39 is 0 Å². The number of hydrogen-bond donors (Lipinski definition) is 1. The molecule has 0 unspecified atom stereocenters. The molecular formula is C19H16Cl2N2O3S. The second-order valence-electron chi connectivity index (χ2n) is 5.53. The van der Waals surface area contributed by atoms with Gasteiger partial charge in [0.1, 0.15) is 6.61 Å². The van der Waals surface area contributed by atoms with Gasteiger partial charge in [0.2, 0.25) is 0 Å². The van der Waals surface area contributed by atoms with Crippen LogP contribution in [0.2, 0.25) is 10.0 Å². The van der Waals surface area contributed by atoms with Gasteiger partial charge >= 0.3 is 0 Å². The number of thioether (sulfide) groups is 1. The van der Waals surface area contributed by atoms with Crippen LogP contribution in [0.1, 0.15) is 18.1 Å². The first-order valence-corrected chi connectivity index (χ1v) is 9.65. The van der Waals surface area contributed by atoms with Gasteiger partial charge in [-0.3, -0.25) is 4.79 Å². The van der Waals surface area contributed by atoms with E-state index in [0.29, 0.717) is 33.1 Å². The molecule has 1 amide bonds. The lowest BCUT2D eigenvalue weighted by atomic mass is 10.2. The number of nitrogens with zero attached hydrogens (tertiary/aromatic N) is 1. The Kier molecular flexibility index (Phi) is 6.31. The molecule has 0 aliphatic carbocycles. The van der Waals surface area contributed by atoms with Crippen molar-refractivity contribution in [3.8, 4) is 11.5 Å². The predicted molar refractivity (Wildman–Crippen MR) is 111 cm³/mol. The largest absolute Gasteiger partial charge is 0.490 e. The Labute approximate surface area is 171 Å². The van der Waals surface area contributed by atoms with E-state index in [-0.39, 0.29) is 17.7 Å². The second kappa shape index (κ2) is 8.69. The number of hydrogen-bond acceptors (Lipinski definition) is 5. The molecule has 0 spiro atoms. The third-order valence-electron chi connectivity index (χ3n) is 3.60. The lowest BCUT2D eigenvalue weighted by Crippen LogP contribution is -2.01. The highest BCUT2D eigenvalue weighted by Gasteiger charge is 2.19. The minimum atomic E-state index is -0.340. The Bertz CT molecular complexity index is 945. The van der Waals surface area contributed by atoms with Crippen molar-refractivity contribution in [1.82, 2.24) is 0 Å². The molecular weight excluding hydrogens is 407 g/mol. The first-order valence-electron chi connectivity index (χ1n) is 8.08. The maximum atomic E-state index is 11.7. The van der Waals surface area contributed by atoms with E-state index in [2.05, 4.69) is 4.99 Å². The van der Waals surface area contributed by atoms with Gasteiger partial charge in [-0.2, -0.15) is 4.99 Å². The SMILES string of the molecule is CCOc1cc(/C=C2\SC(N)=NC2=O)ccc1OCc1ccc(Cl)cc1Cl. The van der Waals surface area contributed by atoms with Crippen LogP contribution in [-0.2, 0) is 11.4 Å². The van der Waals surface area contributed by atoms with E-state index in [4.69, 9.17) is 38.4 Å². The van der Waals surface area contributed by atoms with Crippen LogP contribution in [0.3, 0.4) is 0 Å². The molecule has 1 aliphatic heterocycles. The van der Waals surface area contributed by atoms with Gasteiger partial charge in [0.05, 0.1) is 11.5 Å². The van der Waals surface area contributed by atoms with E-state index in [0.717, 1.165) is 22.9 Å². The van der Waals surface area contributed by atoms with Gasteiger partial charge in [-0.1, -0.05) is 35.3 Å². The molecule has 0 fully saturated rings. The van der Waals surface area contributed by atoms with Crippen LogP contribution < -0.4 is 15.2 Å². The summed E-state index contributed by atoms with van der Waals surface area (Å²) in [7, 11) is 0. The van der Waals surface area contributed by atoms with Gasteiger partial charge in [-0.15, -0.1) is 0 Å². The molecule has 0 bridgehead atoms. The molecule has 3 rings (SSSR count). The number of halogens is 2. The lowest BCUT2D eigenvalue weighted by molar-refractivity contribution is -0.113. The van der Waals surface area contributed by atoms with Crippen molar-refractivity contribution in [1.29, 1.82) is 0 Å². The first-order chi connectivity index (χ1) is 13.0. The van der Waals surface area contributed by atoms with Crippen LogP contribution in [0, 0.1) is 0 Å². The van der Waals surface area contributed by atoms with E-state index >= 15 is 0 Å². The third kappa shape index (κ3) is 4.97. The maximum Gasteiger partial charge on any atom is 0.286 e. The highest BCUT2D eigenvalue weighted by atomic mass is 35.5. The summed E-state index contributed by atoms with van der Waals surface area (Å²) in [6.45, 7) is 2.63. The molecule has 2 aromatic carbocycles. The van der Waals surface area contributed by atoms with Crippen molar-refractivity contribution in [2.24, 2.45) is 10.7 Å². The number of benzene rings is 2.